The lowest BCUT2D eigenvalue weighted by atomic mass is 10.0. The molecule has 0 radical (unpaired) electrons. The summed E-state index contributed by atoms with van der Waals surface area (Å²) < 4.78 is 37.4. The highest BCUT2D eigenvalue weighted by Crippen LogP contribution is 2.35. The fourth-order valence-corrected chi connectivity index (χ4v) is 1.34. The van der Waals surface area contributed by atoms with E-state index in [1.54, 1.807) is 0 Å². The minimum atomic E-state index is -4.41. The SMILES string of the molecule is CC(N)c1ccc(Cl)cc1C(F)(F)F. The first kappa shape index (κ1) is 11.3. The predicted octanol–water partition coefficient (Wildman–Crippen LogP) is 3.38. The van der Waals surface area contributed by atoms with Gasteiger partial charge < -0.3 is 5.73 Å². The molecule has 0 heterocycles. The number of halogens is 4. The molecule has 2 N–H and O–H groups in total. The zero-order valence-corrected chi connectivity index (χ0v) is 8.15. The van der Waals surface area contributed by atoms with Gasteiger partial charge in [-0.05, 0) is 24.6 Å². The first-order valence-electron chi connectivity index (χ1n) is 3.94. The van der Waals surface area contributed by atoms with Crippen LogP contribution in [0.3, 0.4) is 0 Å². The molecule has 78 valence electrons. The van der Waals surface area contributed by atoms with Crippen LogP contribution in [0.5, 0.6) is 0 Å². The predicted molar refractivity (Wildman–Crippen MR) is 49.1 cm³/mol. The zero-order chi connectivity index (χ0) is 10.9. The molecule has 0 amide bonds. The number of hydrogen-bond donors (Lipinski definition) is 1. The molecule has 1 aromatic rings. The molecule has 0 aliphatic carbocycles. The van der Waals surface area contributed by atoms with Crippen LogP contribution in [0.15, 0.2) is 18.2 Å². The van der Waals surface area contributed by atoms with E-state index in [1.165, 1.54) is 19.1 Å². The van der Waals surface area contributed by atoms with Crippen LogP contribution in [0, 0.1) is 0 Å². The van der Waals surface area contributed by atoms with Gasteiger partial charge in [-0.3, -0.25) is 0 Å². The quantitative estimate of drug-likeness (QED) is 0.776. The van der Waals surface area contributed by atoms with E-state index in [0.717, 1.165) is 6.07 Å². The Bertz CT molecular complexity index is 333. The molecule has 0 spiro atoms. The Kier molecular flexibility index (Phi) is 3.07. The van der Waals surface area contributed by atoms with Crippen LogP contribution < -0.4 is 5.73 Å². The van der Waals surface area contributed by atoms with E-state index >= 15 is 0 Å². The Morgan fingerprint density at radius 3 is 2.36 bits per heavy atom. The Morgan fingerprint density at radius 1 is 1.36 bits per heavy atom. The highest BCUT2D eigenvalue weighted by molar-refractivity contribution is 6.30. The lowest BCUT2D eigenvalue weighted by molar-refractivity contribution is -0.138. The summed E-state index contributed by atoms with van der Waals surface area (Å²) in [6.45, 7) is 1.50. The van der Waals surface area contributed by atoms with Gasteiger partial charge in [0.25, 0.3) is 0 Å². The van der Waals surface area contributed by atoms with Crippen LogP contribution in [-0.4, -0.2) is 0 Å². The maximum Gasteiger partial charge on any atom is 0.416 e. The van der Waals surface area contributed by atoms with Crippen LogP contribution in [0.4, 0.5) is 13.2 Å². The Labute approximate surface area is 84.7 Å². The number of hydrogen-bond acceptors (Lipinski definition) is 1. The first-order chi connectivity index (χ1) is 6.32. The molecule has 0 aliphatic heterocycles. The molecule has 1 aromatic carbocycles. The molecule has 0 bridgehead atoms. The Morgan fingerprint density at radius 2 is 1.93 bits per heavy atom. The Balaban J connectivity index is 3.30. The van der Waals surface area contributed by atoms with Crippen molar-refractivity contribution in [3.63, 3.8) is 0 Å². The molecule has 0 saturated carbocycles. The van der Waals surface area contributed by atoms with Gasteiger partial charge in [-0.1, -0.05) is 17.7 Å². The largest absolute Gasteiger partial charge is 0.416 e. The normalized spacial score (nSPS) is 14.1. The van der Waals surface area contributed by atoms with Gasteiger partial charge in [0.15, 0.2) is 0 Å². The minimum Gasteiger partial charge on any atom is -0.324 e. The lowest BCUT2D eigenvalue weighted by Gasteiger charge is -2.15. The molecule has 5 heteroatoms. The fourth-order valence-electron chi connectivity index (χ4n) is 1.17. The molecule has 1 rings (SSSR count). The van der Waals surface area contributed by atoms with E-state index in [-0.39, 0.29) is 10.6 Å². The highest BCUT2D eigenvalue weighted by Gasteiger charge is 2.34. The van der Waals surface area contributed by atoms with Gasteiger partial charge in [-0.2, -0.15) is 13.2 Å². The van der Waals surface area contributed by atoms with Crippen molar-refractivity contribution in [3.05, 3.63) is 34.3 Å². The summed E-state index contributed by atoms with van der Waals surface area (Å²) in [5.41, 5.74) is 4.71. The average molecular weight is 224 g/mol. The first-order valence-corrected chi connectivity index (χ1v) is 4.32. The van der Waals surface area contributed by atoms with Crippen molar-refractivity contribution < 1.29 is 13.2 Å². The molecular weight excluding hydrogens is 215 g/mol. The molecule has 0 fully saturated rings. The van der Waals surface area contributed by atoms with E-state index in [2.05, 4.69) is 0 Å². The van der Waals surface area contributed by atoms with E-state index in [4.69, 9.17) is 17.3 Å². The van der Waals surface area contributed by atoms with Gasteiger partial charge in [0, 0.05) is 11.1 Å². The van der Waals surface area contributed by atoms with Gasteiger partial charge in [0.1, 0.15) is 0 Å². The fraction of sp³-hybridized carbons (Fsp3) is 0.333. The van der Waals surface area contributed by atoms with Crippen molar-refractivity contribution >= 4 is 11.6 Å². The van der Waals surface area contributed by atoms with Crippen LogP contribution in [-0.2, 0) is 6.18 Å². The maximum atomic E-state index is 12.5. The smallest absolute Gasteiger partial charge is 0.324 e. The summed E-state index contributed by atoms with van der Waals surface area (Å²) >= 11 is 5.49. The molecule has 1 atom stereocenters. The van der Waals surface area contributed by atoms with E-state index < -0.39 is 17.8 Å². The minimum absolute atomic E-state index is 0.0572. The van der Waals surface area contributed by atoms with Crippen LogP contribution in [0.25, 0.3) is 0 Å². The zero-order valence-electron chi connectivity index (χ0n) is 7.40. The molecule has 14 heavy (non-hydrogen) atoms. The van der Waals surface area contributed by atoms with Gasteiger partial charge in [0.05, 0.1) is 5.56 Å². The highest BCUT2D eigenvalue weighted by atomic mass is 35.5. The molecule has 1 nitrogen and oxygen atoms in total. The molecule has 1 unspecified atom stereocenters. The van der Waals surface area contributed by atoms with E-state index in [0.29, 0.717) is 0 Å². The second-order valence-electron chi connectivity index (χ2n) is 3.02. The number of rotatable bonds is 1. The summed E-state index contributed by atoms with van der Waals surface area (Å²) in [6, 6.07) is 2.93. The van der Waals surface area contributed by atoms with E-state index in [1.807, 2.05) is 0 Å². The summed E-state index contributed by atoms with van der Waals surface area (Å²) in [5, 5.41) is 0.0572. The van der Waals surface area contributed by atoms with E-state index in [9.17, 15) is 13.2 Å². The third-order valence-electron chi connectivity index (χ3n) is 1.81. The van der Waals surface area contributed by atoms with Gasteiger partial charge in [-0.25, -0.2) is 0 Å². The van der Waals surface area contributed by atoms with Crippen LogP contribution in [0.2, 0.25) is 5.02 Å². The second-order valence-corrected chi connectivity index (χ2v) is 3.45. The standard InChI is InChI=1S/C9H9ClF3N/c1-5(14)7-3-2-6(10)4-8(7)9(11,12)13/h2-5H,14H2,1H3. The summed E-state index contributed by atoms with van der Waals surface area (Å²) in [4.78, 5) is 0. The average Bonchev–Trinajstić information content (AvgIpc) is 2.01. The van der Waals surface area contributed by atoms with Gasteiger partial charge in [0.2, 0.25) is 0 Å². The molecule has 0 saturated heterocycles. The van der Waals surface area contributed by atoms with Crippen molar-refractivity contribution in [1.29, 1.82) is 0 Å². The number of alkyl halides is 3. The van der Waals surface area contributed by atoms with Gasteiger partial charge in [-0.15, -0.1) is 0 Å². The maximum absolute atomic E-state index is 12.5. The van der Waals surface area contributed by atoms with Gasteiger partial charge >= 0.3 is 6.18 Å². The molecular formula is C9H9ClF3N. The topological polar surface area (TPSA) is 26.0 Å². The number of benzene rings is 1. The van der Waals surface area contributed by atoms with Crippen molar-refractivity contribution in [3.8, 4) is 0 Å². The lowest BCUT2D eigenvalue weighted by Crippen LogP contribution is -2.15. The second kappa shape index (κ2) is 3.79. The van der Waals surface area contributed by atoms with Crippen molar-refractivity contribution in [1.82, 2.24) is 0 Å². The van der Waals surface area contributed by atoms with Crippen LogP contribution >= 0.6 is 11.6 Å². The Hall–Kier alpha value is -0.740. The number of nitrogens with two attached hydrogens (primary N) is 1. The van der Waals surface area contributed by atoms with Crippen molar-refractivity contribution in [2.24, 2.45) is 5.73 Å². The third-order valence-corrected chi connectivity index (χ3v) is 2.05. The van der Waals surface area contributed by atoms with Crippen LogP contribution in [0.1, 0.15) is 24.1 Å². The molecule has 0 aliphatic rings. The third kappa shape index (κ3) is 2.39. The monoisotopic (exact) mass is 223 g/mol. The summed E-state index contributed by atoms with van der Waals surface area (Å²) in [7, 11) is 0. The summed E-state index contributed by atoms with van der Waals surface area (Å²) in [6.07, 6.45) is -4.41. The summed E-state index contributed by atoms with van der Waals surface area (Å²) in [5.74, 6) is 0. The molecule has 0 aromatic heterocycles. The van der Waals surface area contributed by atoms with Crippen molar-refractivity contribution in [2.75, 3.05) is 0 Å². The van der Waals surface area contributed by atoms with Crippen molar-refractivity contribution in [2.45, 2.75) is 19.1 Å².